The molecule has 0 heterocycles. The maximum Gasteiger partial charge on any atom is 0.169 e. The molecule has 25 heavy (non-hydrogen) atoms. The smallest absolute Gasteiger partial charge is 0.169 e. The lowest BCUT2D eigenvalue weighted by atomic mass is 10.2. The van der Waals surface area contributed by atoms with E-state index in [4.69, 9.17) is 9.47 Å². The first-order chi connectivity index (χ1) is 12.3. The summed E-state index contributed by atoms with van der Waals surface area (Å²) in [6.07, 6.45) is 0. The number of benzene rings is 3. The minimum Gasteiger partial charge on any atom is -0.493 e. The van der Waals surface area contributed by atoms with Crippen molar-refractivity contribution >= 4 is 19.2 Å². The van der Waals surface area contributed by atoms with Crippen LogP contribution in [0.15, 0.2) is 72.8 Å². The van der Waals surface area contributed by atoms with Gasteiger partial charge in [0, 0.05) is 5.30 Å². The van der Waals surface area contributed by atoms with Crippen molar-refractivity contribution in [3.63, 3.8) is 0 Å². The van der Waals surface area contributed by atoms with Gasteiger partial charge >= 0.3 is 0 Å². The maximum atomic E-state index is 9.57. The van der Waals surface area contributed by atoms with Crippen LogP contribution in [-0.2, 0) is 13.2 Å². The summed E-state index contributed by atoms with van der Waals surface area (Å²) in [6.45, 7) is 0.522. The van der Waals surface area contributed by atoms with E-state index in [2.05, 4.69) is 6.07 Å². The molecule has 0 fully saturated rings. The van der Waals surface area contributed by atoms with Crippen molar-refractivity contribution in [2.24, 2.45) is 0 Å². The van der Waals surface area contributed by atoms with Crippen molar-refractivity contribution in [2.45, 2.75) is 13.2 Å². The molecule has 128 valence electrons. The standard InChI is InChI=1S/C21H21O3P/c1-23-18-11-7-13-20(25-19-12-6-5-10-17(19)14-22)21(18)24-15-16-8-3-2-4-9-16/h2-13,22,25H,14-15H2,1H3. The molecule has 4 heteroatoms. The molecule has 0 saturated heterocycles. The minimum absolute atomic E-state index is 0.0351. The van der Waals surface area contributed by atoms with Gasteiger partial charge in [-0.2, -0.15) is 0 Å². The van der Waals surface area contributed by atoms with Crippen LogP contribution in [0.25, 0.3) is 0 Å². The van der Waals surface area contributed by atoms with Gasteiger partial charge in [-0.3, -0.25) is 0 Å². The summed E-state index contributed by atoms with van der Waals surface area (Å²) in [5.41, 5.74) is 2.05. The van der Waals surface area contributed by atoms with E-state index >= 15 is 0 Å². The van der Waals surface area contributed by atoms with Gasteiger partial charge in [-0.1, -0.05) is 75.3 Å². The zero-order valence-electron chi connectivity index (χ0n) is 14.1. The van der Waals surface area contributed by atoms with Crippen molar-refractivity contribution in [2.75, 3.05) is 7.11 Å². The number of rotatable bonds is 7. The van der Waals surface area contributed by atoms with Crippen LogP contribution in [-0.4, -0.2) is 12.2 Å². The quantitative estimate of drug-likeness (QED) is 0.663. The molecule has 0 radical (unpaired) electrons. The molecule has 1 atom stereocenters. The molecule has 1 N–H and O–H groups in total. The second kappa shape index (κ2) is 8.66. The lowest BCUT2D eigenvalue weighted by Gasteiger charge is -2.16. The Morgan fingerprint density at radius 3 is 2.32 bits per heavy atom. The molecule has 0 aliphatic heterocycles. The molecule has 3 rings (SSSR count). The lowest BCUT2D eigenvalue weighted by molar-refractivity contribution is 0.283. The normalized spacial score (nSPS) is 11.0. The highest BCUT2D eigenvalue weighted by Gasteiger charge is 2.13. The van der Waals surface area contributed by atoms with Crippen LogP contribution >= 0.6 is 8.58 Å². The monoisotopic (exact) mass is 352 g/mol. The fourth-order valence-electron chi connectivity index (χ4n) is 2.58. The zero-order valence-corrected chi connectivity index (χ0v) is 15.1. The number of aliphatic hydroxyl groups excluding tert-OH is 1. The second-order valence-electron chi connectivity index (χ2n) is 5.55. The Kier molecular flexibility index (Phi) is 6.05. The van der Waals surface area contributed by atoms with Crippen LogP contribution in [0.4, 0.5) is 0 Å². The van der Waals surface area contributed by atoms with Gasteiger partial charge in [0.2, 0.25) is 0 Å². The highest BCUT2D eigenvalue weighted by Crippen LogP contribution is 2.30. The van der Waals surface area contributed by atoms with Crippen molar-refractivity contribution < 1.29 is 14.6 Å². The average molecular weight is 352 g/mol. The molecular weight excluding hydrogens is 331 g/mol. The van der Waals surface area contributed by atoms with Crippen LogP contribution in [0.1, 0.15) is 11.1 Å². The third-order valence-electron chi connectivity index (χ3n) is 3.88. The summed E-state index contributed by atoms with van der Waals surface area (Å²) >= 11 is 0. The molecular formula is C21H21O3P. The third-order valence-corrected chi connectivity index (χ3v) is 5.30. The number of para-hydroxylation sites is 1. The average Bonchev–Trinajstić information content (AvgIpc) is 2.68. The van der Waals surface area contributed by atoms with E-state index in [1.165, 1.54) is 0 Å². The van der Waals surface area contributed by atoms with Gasteiger partial charge in [-0.05, 0) is 22.5 Å². The zero-order chi connectivity index (χ0) is 17.5. The van der Waals surface area contributed by atoms with Crippen LogP contribution in [0, 0.1) is 0 Å². The van der Waals surface area contributed by atoms with Gasteiger partial charge in [0.15, 0.2) is 11.5 Å². The summed E-state index contributed by atoms with van der Waals surface area (Å²) in [5.74, 6) is 1.49. The minimum atomic E-state index is 0.0351. The van der Waals surface area contributed by atoms with E-state index in [9.17, 15) is 5.11 Å². The first kappa shape index (κ1) is 17.5. The molecule has 3 aromatic carbocycles. The predicted molar refractivity (Wildman–Crippen MR) is 104 cm³/mol. The molecule has 0 aliphatic rings. The maximum absolute atomic E-state index is 9.57. The summed E-state index contributed by atoms with van der Waals surface area (Å²) in [6, 6.07) is 23.9. The van der Waals surface area contributed by atoms with Gasteiger partial charge in [0.1, 0.15) is 6.61 Å². The fourth-order valence-corrected chi connectivity index (χ4v) is 3.86. The van der Waals surface area contributed by atoms with Crippen molar-refractivity contribution in [3.05, 3.63) is 83.9 Å². The van der Waals surface area contributed by atoms with Crippen LogP contribution < -0.4 is 20.1 Å². The molecule has 3 nitrogen and oxygen atoms in total. The van der Waals surface area contributed by atoms with E-state index in [-0.39, 0.29) is 6.61 Å². The number of aliphatic hydroxyl groups is 1. The van der Waals surface area contributed by atoms with Gasteiger partial charge in [-0.25, -0.2) is 0 Å². The molecule has 0 aromatic heterocycles. The number of methoxy groups -OCH3 is 1. The summed E-state index contributed by atoms with van der Waals surface area (Å²) in [5, 5.41) is 11.7. The molecule has 3 aromatic rings. The Hall–Kier alpha value is -2.35. The van der Waals surface area contributed by atoms with E-state index in [1.807, 2.05) is 66.7 Å². The van der Waals surface area contributed by atoms with Crippen molar-refractivity contribution in [1.29, 1.82) is 0 Å². The first-order valence-electron chi connectivity index (χ1n) is 8.11. The fraction of sp³-hybridized carbons (Fsp3) is 0.143. The van der Waals surface area contributed by atoms with Gasteiger partial charge in [-0.15, -0.1) is 0 Å². The lowest BCUT2D eigenvalue weighted by Crippen LogP contribution is -2.12. The molecule has 1 unspecified atom stereocenters. The van der Waals surface area contributed by atoms with Crippen molar-refractivity contribution in [1.82, 2.24) is 0 Å². The number of hydrogen-bond acceptors (Lipinski definition) is 3. The number of hydrogen-bond donors (Lipinski definition) is 1. The summed E-state index contributed by atoms with van der Waals surface area (Å²) in [7, 11) is 2.04. The highest BCUT2D eigenvalue weighted by molar-refractivity contribution is 7.55. The van der Waals surface area contributed by atoms with Gasteiger partial charge in [0.25, 0.3) is 0 Å². The summed E-state index contributed by atoms with van der Waals surface area (Å²) in [4.78, 5) is 0. The molecule has 0 bridgehead atoms. The van der Waals surface area contributed by atoms with Crippen molar-refractivity contribution in [3.8, 4) is 11.5 Å². The Morgan fingerprint density at radius 1 is 0.840 bits per heavy atom. The highest BCUT2D eigenvalue weighted by atomic mass is 31.1. The van der Waals surface area contributed by atoms with Gasteiger partial charge in [0.05, 0.1) is 13.7 Å². The van der Waals surface area contributed by atoms with E-state index in [0.717, 1.165) is 33.2 Å². The molecule has 0 aliphatic carbocycles. The Morgan fingerprint density at radius 2 is 1.56 bits per heavy atom. The first-order valence-corrected chi connectivity index (χ1v) is 9.11. The molecule has 0 spiro atoms. The van der Waals surface area contributed by atoms with E-state index < -0.39 is 0 Å². The largest absolute Gasteiger partial charge is 0.493 e. The Balaban J connectivity index is 1.88. The summed E-state index contributed by atoms with van der Waals surface area (Å²) < 4.78 is 11.6. The SMILES string of the molecule is COc1cccc(Pc2ccccc2CO)c1OCc1ccccc1. The Labute approximate surface area is 150 Å². The van der Waals surface area contributed by atoms with Crippen LogP contribution in [0.5, 0.6) is 11.5 Å². The Bertz CT molecular complexity index is 818. The molecule has 0 saturated carbocycles. The third kappa shape index (κ3) is 4.39. The van der Waals surface area contributed by atoms with E-state index in [0.29, 0.717) is 15.2 Å². The van der Waals surface area contributed by atoms with Crippen LogP contribution in [0.2, 0.25) is 0 Å². The number of ether oxygens (including phenoxy) is 2. The van der Waals surface area contributed by atoms with Gasteiger partial charge < -0.3 is 14.6 Å². The predicted octanol–water partition coefficient (Wildman–Crippen LogP) is 3.40. The van der Waals surface area contributed by atoms with Crippen LogP contribution in [0.3, 0.4) is 0 Å². The topological polar surface area (TPSA) is 38.7 Å². The van der Waals surface area contributed by atoms with E-state index in [1.54, 1.807) is 7.11 Å². The molecule has 0 amide bonds. The second-order valence-corrected chi connectivity index (χ2v) is 6.88.